The predicted molar refractivity (Wildman–Crippen MR) is 129 cm³/mol. The molecule has 0 N–H and O–H groups in total. The summed E-state index contributed by atoms with van der Waals surface area (Å²) in [6, 6.07) is 25.5. The molecule has 0 unspecified atom stereocenters. The normalized spacial score (nSPS) is 14.9. The molecule has 3 aromatic carbocycles. The van der Waals surface area contributed by atoms with Crippen molar-refractivity contribution in [3.63, 3.8) is 0 Å². The van der Waals surface area contributed by atoms with E-state index in [9.17, 15) is 4.79 Å². The number of esters is 1. The lowest BCUT2D eigenvalue weighted by Crippen LogP contribution is -2.48. The highest BCUT2D eigenvalue weighted by Gasteiger charge is 2.21. The number of rotatable bonds is 5. The van der Waals surface area contributed by atoms with E-state index in [0.717, 1.165) is 49.8 Å². The number of carbonyl (C=O) groups excluding carboxylic acids is 1. The summed E-state index contributed by atoms with van der Waals surface area (Å²) in [6.45, 7) is 4.60. The van der Waals surface area contributed by atoms with Gasteiger partial charge in [0.05, 0.1) is 18.4 Å². The summed E-state index contributed by atoms with van der Waals surface area (Å²) in [7, 11) is 1.39. The van der Waals surface area contributed by atoms with Crippen molar-refractivity contribution in [3.8, 4) is 0 Å². The third-order valence-corrected chi connectivity index (χ3v) is 5.80. The van der Waals surface area contributed by atoms with E-state index in [-0.39, 0.29) is 5.97 Å². The third kappa shape index (κ3) is 5.55. The maximum absolute atomic E-state index is 11.8. The van der Waals surface area contributed by atoms with Crippen LogP contribution in [0.3, 0.4) is 0 Å². The zero-order valence-electron chi connectivity index (χ0n) is 18.1. The minimum Gasteiger partial charge on any atom is -0.465 e. The Hall–Kier alpha value is -3.15. The molecule has 3 aromatic rings. The molecule has 0 bridgehead atoms. The van der Waals surface area contributed by atoms with E-state index >= 15 is 0 Å². The monoisotopic (exact) mass is 447 g/mol. The lowest BCUT2D eigenvalue weighted by atomic mass is 10.1. The smallest absolute Gasteiger partial charge is 0.337 e. The van der Waals surface area contributed by atoms with Crippen LogP contribution >= 0.6 is 11.6 Å². The summed E-state index contributed by atoms with van der Waals surface area (Å²) in [5.41, 5.74) is 3.65. The largest absolute Gasteiger partial charge is 0.465 e. The van der Waals surface area contributed by atoms with E-state index in [1.807, 2.05) is 42.5 Å². The van der Waals surface area contributed by atoms with Gasteiger partial charge in [-0.25, -0.2) is 9.79 Å². The molecule has 1 fully saturated rings. The second-order valence-electron chi connectivity index (χ2n) is 7.73. The molecule has 164 valence electrons. The highest BCUT2D eigenvalue weighted by Crippen LogP contribution is 2.21. The molecule has 0 spiro atoms. The summed E-state index contributed by atoms with van der Waals surface area (Å²) in [5.74, 6) is 0.547. The first-order chi connectivity index (χ1) is 15.6. The van der Waals surface area contributed by atoms with E-state index in [0.29, 0.717) is 10.6 Å². The Morgan fingerprint density at radius 2 is 1.50 bits per heavy atom. The van der Waals surface area contributed by atoms with Gasteiger partial charge in [0.1, 0.15) is 5.84 Å². The Morgan fingerprint density at radius 1 is 0.875 bits per heavy atom. The van der Waals surface area contributed by atoms with Gasteiger partial charge in [0, 0.05) is 43.3 Å². The van der Waals surface area contributed by atoms with Crippen molar-refractivity contribution in [1.82, 2.24) is 9.80 Å². The number of carbonyl (C=O) groups is 1. The molecule has 4 rings (SSSR count). The average molecular weight is 448 g/mol. The predicted octanol–water partition coefficient (Wildman–Crippen LogP) is 5.02. The van der Waals surface area contributed by atoms with Crippen molar-refractivity contribution in [1.29, 1.82) is 0 Å². The van der Waals surface area contributed by atoms with Crippen LogP contribution in [0.4, 0.5) is 5.69 Å². The van der Waals surface area contributed by atoms with Crippen molar-refractivity contribution < 1.29 is 9.53 Å². The van der Waals surface area contributed by atoms with Crippen molar-refractivity contribution >= 4 is 29.1 Å². The second-order valence-corrected chi connectivity index (χ2v) is 8.17. The molecule has 1 heterocycles. The topological polar surface area (TPSA) is 45.1 Å². The molecule has 1 aliphatic heterocycles. The molecule has 0 saturated carbocycles. The highest BCUT2D eigenvalue weighted by atomic mass is 35.5. The number of amidine groups is 1. The molecule has 5 nitrogen and oxygen atoms in total. The minimum absolute atomic E-state index is 0.345. The SMILES string of the molecule is COC(=O)c1ccc(/C(=N/c2ccc(Cl)cc2)N2CCN(Cc3ccccc3)CC2)cc1. The number of aliphatic imine (C=N–C) groups is 1. The van der Waals surface area contributed by atoms with E-state index in [1.165, 1.54) is 12.7 Å². The van der Waals surface area contributed by atoms with Crippen molar-refractivity contribution in [3.05, 3.63) is 101 Å². The van der Waals surface area contributed by atoms with Gasteiger partial charge in [0.15, 0.2) is 0 Å². The minimum atomic E-state index is -0.345. The van der Waals surface area contributed by atoms with Crippen LogP contribution in [0, 0.1) is 0 Å². The maximum Gasteiger partial charge on any atom is 0.337 e. The van der Waals surface area contributed by atoms with Gasteiger partial charge in [-0.3, -0.25) is 4.90 Å². The van der Waals surface area contributed by atoms with Crippen LogP contribution in [-0.2, 0) is 11.3 Å². The molecular formula is C26H26ClN3O2. The summed E-state index contributed by atoms with van der Waals surface area (Å²) < 4.78 is 4.82. The molecule has 0 aliphatic carbocycles. The van der Waals surface area contributed by atoms with Gasteiger partial charge in [0.2, 0.25) is 0 Å². The second kappa shape index (κ2) is 10.4. The van der Waals surface area contributed by atoms with Crippen LogP contribution in [0.1, 0.15) is 21.5 Å². The fraction of sp³-hybridized carbons (Fsp3) is 0.231. The zero-order valence-corrected chi connectivity index (χ0v) is 18.8. The highest BCUT2D eigenvalue weighted by molar-refractivity contribution is 6.30. The van der Waals surface area contributed by atoms with Crippen molar-refractivity contribution in [2.45, 2.75) is 6.54 Å². The van der Waals surface area contributed by atoms with E-state index in [4.69, 9.17) is 21.3 Å². The number of methoxy groups -OCH3 is 1. The van der Waals surface area contributed by atoms with Crippen LogP contribution in [0.2, 0.25) is 5.02 Å². The first kappa shape index (κ1) is 22.1. The number of hydrogen-bond acceptors (Lipinski definition) is 4. The first-order valence-corrected chi connectivity index (χ1v) is 11.0. The van der Waals surface area contributed by atoms with Gasteiger partial charge in [-0.15, -0.1) is 0 Å². The third-order valence-electron chi connectivity index (χ3n) is 5.55. The fourth-order valence-corrected chi connectivity index (χ4v) is 3.91. The molecular weight excluding hydrogens is 422 g/mol. The lowest BCUT2D eigenvalue weighted by Gasteiger charge is -2.36. The summed E-state index contributed by atoms with van der Waals surface area (Å²) in [6.07, 6.45) is 0. The fourth-order valence-electron chi connectivity index (χ4n) is 3.79. The Balaban J connectivity index is 1.54. The van der Waals surface area contributed by atoms with Crippen molar-refractivity contribution in [2.24, 2.45) is 4.99 Å². The van der Waals surface area contributed by atoms with E-state index in [1.54, 1.807) is 12.1 Å². The number of nitrogens with zero attached hydrogens (tertiary/aromatic N) is 3. The summed E-state index contributed by atoms with van der Waals surface area (Å²) in [4.78, 5) is 21.5. The molecule has 1 aliphatic rings. The average Bonchev–Trinajstić information content (AvgIpc) is 2.85. The van der Waals surface area contributed by atoms with Gasteiger partial charge >= 0.3 is 5.97 Å². The summed E-state index contributed by atoms with van der Waals surface area (Å²) in [5, 5.41) is 0.683. The number of halogens is 1. The van der Waals surface area contributed by atoms with Crippen LogP contribution < -0.4 is 0 Å². The quantitative estimate of drug-likeness (QED) is 0.313. The zero-order chi connectivity index (χ0) is 22.3. The molecule has 1 saturated heterocycles. The summed E-state index contributed by atoms with van der Waals surface area (Å²) >= 11 is 6.05. The van der Waals surface area contributed by atoms with Crippen LogP contribution in [0.5, 0.6) is 0 Å². The van der Waals surface area contributed by atoms with Gasteiger partial charge in [-0.1, -0.05) is 54.1 Å². The van der Waals surface area contributed by atoms with Gasteiger partial charge in [-0.05, 0) is 42.0 Å². The molecule has 0 amide bonds. The van der Waals surface area contributed by atoms with E-state index in [2.05, 4.69) is 34.1 Å². The van der Waals surface area contributed by atoms with Gasteiger partial charge < -0.3 is 9.64 Å². The molecule has 6 heteroatoms. The van der Waals surface area contributed by atoms with Crippen molar-refractivity contribution in [2.75, 3.05) is 33.3 Å². The first-order valence-electron chi connectivity index (χ1n) is 10.7. The molecule has 0 radical (unpaired) electrons. The molecule has 0 atom stereocenters. The number of ether oxygens (including phenoxy) is 1. The Kier molecular flexibility index (Phi) is 7.20. The van der Waals surface area contributed by atoms with Crippen LogP contribution in [-0.4, -0.2) is 54.9 Å². The van der Waals surface area contributed by atoms with Crippen LogP contribution in [0.25, 0.3) is 0 Å². The van der Waals surface area contributed by atoms with Gasteiger partial charge in [-0.2, -0.15) is 0 Å². The van der Waals surface area contributed by atoms with E-state index < -0.39 is 0 Å². The Labute approximate surface area is 193 Å². The lowest BCUT2D eigenvalue weighted by molar-refractivity contribution is 0.0600. The standard InChI is InChI=1S/C26H26ClN3O2/c1-32-26(31)22-9-7-21(8-10-22)25(28-24-13-11-23(27)12-14-24)30-17-15-29(16-18-30)19-20-5-3-2-4-6-20/h2-14H,15-19H2,1H3/b28-25-. The number of piperazine rings is 1. The Morgan fingerprint density at radius 3 is 2.12 bits per heavy atom. The van der Waals surface area contributed by atoms with Crippen LogP contribution in [0.15, 0.2) is 83.9 Å². The van der Waals surface area contributed by atoms with Gasteiger partial charge in [0.25, 0.3) is 0 Å². The number of hydrogen-bond donors (Lipinski definition) is 0. The maximum atomic E-state index is 11.8. The Bertz CT molecular complexity index is 1060. The molecule has 0 aromatic heterocycles. The molecule has 32 heavy (non-hydrogen) atoms. The number of benzene rings is 3.